The summed E-state index contributed by atoms with van der Waals surface area (Å²) >= 11 is 0. The fraction of sp³-hybridized carbons (Fsp3) is 0.368. The summed E-state index contributed by atoms with van der Waals surface area (Å²) in [6.07, 6.45) is 1.56. The maximum atomic E-state index is 12.5. The number of nitrogens with zero attached hydrogens (tertiary/aromatic N) is 3. The number of piperazine rings is 1. The predicted octanol–water partition coefficient (Wildman–Crippen LogP) is 2.41. The maximum absolute atomic E-state index is 12.5. The Morgan fingerprint density at radius 2 is 2.00 bits per heavy atom. The lowest BCUT2D eigenvalue weighted by Gasteiger charge is -2.38. The van der Waals surface area contributed by atoms with E-state index < -0.39 is 0 Å². The van der Waals surface area contributed by atoms with Crippen LogP contribution in [-0.4, -0.2) is 54.0 Å². The first-order valence-corrected chi connectivity index (χ1v) is 8.38. The Morgan fingerprint density at radius 3 is 2.64 bits per heavy atom. The molecule has 1 aromatic heterocycles. The van der Waals surface area contributed by atoms with Crippen molar-refractivity contribution in [3.8, 4) is 11.8 Å². The maximum Gasteiger partial charge on any atom is 0.270 e. The number of amides is 1. The molecule has 1 fully saturated rings. The molecule has 0 radical (unpaired) electrons. The van der Waals surface area contributed by atoms with Gasteiger partial charge in [0.25, 0.3) is 5.91 Å². The van der Waals surface area contributed by atoms with Crippen LogP contribution in [0.15, 0.2) is 36.5 Å². The van der Waals surface area contributed by atoms with Gasteiger partial charge in [-0.3, -0.25) is 9.69 Å². The van der Waals surface area contributed by atoms with Crippen LogP contribution in [0.2, 0.25) is 0 Å². The smallest absolute Gasteiger partial charge is 0.270 e. The Morgan fingerprint density at radius 1 is 1.28 bits per heavy atom. The normalized spacial score (nSPS) is 16.3. The van der Waals surface area contributed by atoms with Gasteiger partial charge in [0.05, 0.1) is 12.7 Å². The molecule has 0 aliphatic carbocycles. The van der Waals surface area contributed by atoms with Crippen LogP contribution in [0, 0.1) is 11.3 Å². The number of rotatable bonds is 4. The van der Waals surface area contributed by atoms with Crippen molar-refractivity contribution in [3.63, 3.8) is 0 Å². The number of carbonyl (C=O) groups excluding carboxylic acids is 1. The molecule has 0 spiro atoms. The van der Waals surface area contributed by atoms with Gasteiger partial charge in [-0.2, -0.15) is 5.26 Å². The van der Waals surface area contributed by atoms with Crippen LogP contribution in [0.4, 0.5) is 0 Å². The Bertz CT molecular complexity index is 785. The Labute approximate surface area is 147 Å². The highest BCUT2D eigenvalue weighted by molar-refractivity contribution is 5.93. The topological polar surface area (TPSA) is 72.4 Å². The van der Waals surface area contributed by atoms with Gasteiger partial charge in [-0.25, -0.2) is 0 Å². The van der Waals surface area contributed by atoms with Crippen molar-refractivity contribution >= 4 is 5.91 Å². The van der Waals surface area contributed by atoms with E-state index in [2.05, 4.69) is 22.9 Å². The standard InChI is InChI=1S/C19H22N4O2/c1-14(16-5-3-4-6-18(16)25-2)22-7-9-23(10-8-22)19(24)17-11-15(12-20)13-21-17/h3-6,11,13-14,21H,7-10H2,1-2H3/t14-/m0/s1. The van der Waals surface area contributed by atoms with Gasteiger partial charge in [-0.15, -0.1) is 0 Å². The van der Waals surface area contributed by atoms with E-state index in [4.69, 9.17) is 10.00 Å². The minimum absolute atomic E-state index is 0.0499. The number of methoxy groups -OCH3 is 1. The van der Waals surface area contributed by atoms with Crippen molar-refractivity contribution in [3.05, 3.63) is 53.3 Å². The van der Waals surface area contributed by atoms with Gasteiger partial charge in [-0.05, 0) is 19.1 Å². The molecule has 1 saturated heterocycles. The molecule has 6 heteroatoms. The summed E-state index contributed by atoms with van der Waals surface area (Å²) < 4.78 is 5.47. The summed E-state index contributed by atoms with van der Waals surface area (Å²) in [4.78, 5) is 19.6. The molecule has 1 amide bonds. The SMILES string of the molecule is COc1ccccc1[C@H](C)N1CCN(C(=O)c2cc(C#N)c[nH]2)CC1. The molecule has 130 valence electrons. The van der Waals surface area contributed by atoms with E-state index in [1.165, 1.54) is 0 Å². The number of nitrogens with one attached hydrogen (secondary N) is 1. The molecule has 1 N–H and O–H groups in total. The first-order chi connectivity index (χ1) is 12.1. The highest BCUT2D eigenvalue weighted by atomic mass is 16.5. The van der Waals surface area contributed by atoms with Gasteiger partial charge < -0.3 is 14.6 Å². The van der Waals surface area contributed by atoms with Gasteiger partial charge in [0.1, 0.15) is 17.5 Å². The van der Waals surface area contributed by atoms with E-state index in [0.29, 0.717) is 24.3 Å². The van der Waals surface area contributed by atoms with Gasteiger partial charge in [0.15, 0.2) is 0 Å². The molecule has 1 aliphatic heterocycles. The van der Waals surface area contributed by atoms with Gasteiger partial charge >= 0.3 is 0 Å². The van der Waals surface area contributed by atoms with Crippen molar-refractivity contribution < 1.29 is 9.53 Å². The van der Waals surface area contributed by atoms with Crippen molar-refractivity contribution in [1.29, 1.82) is 5.26 Å². The molecule has 2 heterocycles. The lowest BCUT2D eigenvalue weighted by Crippen LogP contribution is -2.49. The zero-order valence-corrected chi connectivity index (χ0v) is 14.5. The minimum atomic E-state index is -0.0499. The number of benzene rings is 1. The van der Waals surface area contributed by atoms with Crippen molar-refractivity contribution in [1.82, 2.24) is 14.8 Å². The van der Waals surface area contributed by atoms with Crippen molar-refractivity contribution in [2.45, 2.75) is 13.0 Å². The van der Waals surface area contributed by atoms with E-state index in [-0.39, 0.29) is 11.9 Å². The van der Waals surface area contributed by atoms with Gasteiger partial charge in [0, 0.05) is 44.0 Å². The number of nitriles is 1. The van der Waals surface area contributed by atoms with Crippen LogP contribution in [-0.2, 0) is 0 Å². The van der Waals surface area contributed by atoms with Crippen LogP contribution in [0.5, 0.6) is 5.75 Å². The van der Waals surface area contributed by atoms with Gasteiger partial charge in [0.2, 0.25) is 0 Å². The Balaban J connectivity index is 1.63. The molecular weight excluding hydrogens is 316 g/mol. The fourth-order valence-electron chi connectivity index (χ4n) is 3.27. The second kappa shape index (κ2) is 7.41. The summed E-state index contributed by atoms with van der Waals surface area (Å²) in [6.45, 7) is 5.10. The summed E-state index contributed by atoms with van der Waals surface area (Å²) in [7, 11) is 1.69. The predicted molar refractivity (Wildman–Crippen MR) is 94.4 cm³/mol. The van der Waals surface area contributed by atoms with E-state index in [1.807, 2.05) is 29.2 Å². The first-order valence-electron chi connectivity index (χ1n) is 8.38. The molecule has 0 saturated carbocycles. The third-order valence-corrected chi connectivity index (χ3v) is 4.78. The third-order valence-electron chi connectivity index (χ3n) is 4.78. The molecule has 1 aliphatic rings. The molecule has 0 unspecified atom stereocenters. The zero-order chi connectivity index (χ0) is 17.8. The lowest BCUT2D eigenvalue weighted by molar-refractivity contribution is 0.0575. The number of aromatic nitrogens is 1. The molecule has 2 aromatic rings. The summed E-state index contributed by atoms with van der Waals surface area (Å²) in [6, 6.07) is 11.9. The Kier molecular flexibility index (Phi) is 5.05. The summed E-state index contributed by atoms with van der Waals surface area (Å²) in [5, 5.41) is 8.88. The van der Waals surface area contributed by atoms with Crippen molar-refractivity contribution in [2.24, 2.45) is 0 Å². The number of aromatic amines is 1. The zero-order valence-electron chi connectivity index (χ0n) is 14.5. The average Bonchev–Trinajstić information content (AvgIpc) is 3.16. The summed E-state index contributed by atoms with van der Waals surface area (Å²) in [5.41, 5.74) is 2.11. The number of H-pyrrole nitrogens is 1. The molecule has 1 aromatic carbocycles. The largest absolute Gasteiger partial charge is 0.496 e. The van der Waals surface area contributed by atoms with Crippen LogP contribution in [0.3, 0.4) is 0 Å². The van der Waals surface area contributed by atoms with Crippen LogP contribution in [0.1, 0.15) is 34.6 Å². The number of para-hydroxylation sites is 1. The highest BCUT2D eigenvalue weighted by Crippen LogP contribution is 2.29. The Hall–Kier alpha value is -2.78. The molecule has 0 bridgehead atoms. The monoisotopic (exact) mass is 338 g/mol. The second-order valence-corrected chi connectivity index (χ2v) is 6.16. The lowest BCUT2D eigenvalue weighted by atomic mass is 10.0. The van der Waals surface area contributed by atoms with E-state index in [9.17, 15) is 4.79 Å². The quantitative estimate of drug-likeness (QED) is 0.929. The fourth-order valence-corrected chi connectivity index (χ4v) is 3.27. The number of hydrogen-bond donors (Lipinski definition) is 1. The third kappa shape index (κ3) is 3.52. The number of hydrogen-bond acceptors (Lipinski definition) is 4. The van der Waals surface area contributed by atoms with E-state index in [0.717, 1.165) is 24.4 Å². The van der Waals surface area contributed by atoms with E-state index >= 15 is 0 Å². The first kappa shape index (κ1) is 17.1. The molecule has 25 heavy (non-hydrogen) atoms. The molecule has 6 nitrogen and oxygen atoms in total. The van der Waals surface area contributed by atoms with Crippen LogP contribution < -0.4 is 4.74 Å². The van der Waals surface area contributed by atoms with Crippen molar-refractivity contribution in [2.75, 3.05) is 33.3 Å². The minimum Gasteiger partial charge on any atom is -0.496 e. The molecule has 1 atom stereocenters. The average molecular weight is 338 g/mol. The van der Waals surface area contributed by atoms with Crippen LogP contribution in [0.25, 0.3) is 0 Å². The van der Waals surface area contributed by atoms with Gasteiger partial charge in [-0.1, -0.05) is 18.2 Å². The highest BCUT2D eigenvalue weighted by Gasteiger charge is 2.27. The number of carbonyl (C=O) groups is 1. The molecular formula is C19H22N4O2. The van der Waals surface area contributed by atoms with E-state index in [1.54, 1.807) is 19.4 Å². The second-order valence-electron chi connectivity index (χ2n) is 6.16. The summed E-state index contributed by atoms with van der Waals surface area (Å²) in [5.74, 6) is 0.843. The molecule has 3 rings (SSSR count). The number of ether oxygens (including phenoxy) is 1. The van der Waals surface area contributed by atoms with Crippen LogP contribution >= 0.6 is 0 Å².